The smallest absolute Gasteiger partial charge is 0.311 e. The van der Waals surface area contributed by atoms with E-state index in [2.05, 4.69) is 38.1 Å². The standard InChI is InChI=1S/C34H29Cl2NO5/c1-34(2,23-6-4-3-5-7-23)24-8-13-27(14-9-24)42-28-15-11-26(12-16-28)37-20-22(18-32(37)39)33(40)41-21-31(38)29-17-10-25(35)19-30(29)36/h3-17,19,22H,18,20-21H2,1-2H3/t22-/m0/s1. The molecule has 4 aromatic carbocycles. The highest BCUT2D eigenvalue weighted by Crippen LogP contribution is 2.34. The summed E-state index contributed by atoms with van der Waals surface area (Å²) in [6, 6.07) is 30.0. The van der Waals surface area contributed by atoms with Crippen molar-refractivity contribution in [2.24, 2.45) is 5.92 Å². The number of anilines is 1. The first-order valence-corrected chi connectivity index (χ1v) is 14.3. The second kappa shape index (κ2) is 12.4. The molecule has 1 atom stereocenters. The van der Waals surface area contributed by atoms with Crippen LogP contribution >= 0.6 is 23.2 Å². The van der Waals surface area contributed by atoms with E-state index in [1.54, 1.807) is 24.3 Å². The van der Waals surface area contributed by atoms with E-state index in [1.807, 2.05) is 30.3 Å². The highest BCUT2D eigenvalue weighted by Gasteiger charge is 2.36. The van der Waals surface area contributed by atoms with E-state index in [9.17, 15) is 14.4 Å². The summed E-state index contributed by atoms with van der Waals surface area (Å²) < 4.78 is 11.3. The van der Waals surface area contributed by atoms with Crippen molar-refractivity contribution in [1.29, 1.82) is 0 Å². The number of ether oxygens (including phenoxy) is 2. The zero-order chi connectivity index (χ0) is 29.9. The number of halogens is 2. The molecule has 0 N–H and O–H groups in total. The lowest BCUT2D eigenvalue weighted by Gasteiger charge is -2.26. The third-order valence-corrected chi connectivity index (χ3v) is 8.04. The maximum Gasteiger partial charge on any atom is 0.311 e. The van der Waals surface area contributed by atoms with Gasteiger partial charge in [0.2, 0.25) is 11.7 Å². The monoisotopic (exact) mass is 601 g/mol. The van der Waals surface area contributed by atoms with Crippen molar-refractivity contribution in [3.8, 4) is 11.5 Å². The van der Waals surface area contributed by atoms with E-state index in [4.69, 9.17) is 32.7 Å². The predicted molar refractivity (Wildman–Crippen MR) is 164 cm³/mol. The van der Waals surface area contributed by atoms with Crippen LogP contribution in [0, 0.1) is 5.92 Å². The number of hydrogen-bond donors (Lipinski definition) is 0. The summed E-state index contributed by atoms with van der Waals surface area (Å²) >= 11 is 11.9. The Morgan fingerprint density at radius 3 is 2.12 bits per heavy atom. The van der Waals surface area contributed by atoms with Gasteiger partial charge in [-0.15, -0.1) is 0 Å². The van der Waals surface area contributed by atoms with Gasteiger partial charge in [0, 0.05) is 34.7 Å². The van der Waals surface area contributed by atoms with Gasteiger partial charge in [0.05, 0.1) is 10.9 Å². The molecule has 0 unspecified atom stereocenters. The zero-order valence-corrected chi connectivity index (χ0v) is 24.7. The van der Waals surface area contributed by atoms with Crippen LogP contribution in [0.2, 0.25) is 10.0 Å². The lowest BCUT2D eigenvalue weighted by Crippen LogP contribution is -2.27. The fraction of sp³-hybridized carbons (Fsp3) is 0.206. The van der Waals surface area contributed by atoms with Crippen LogP contribution in [0.1, 0.15) is 41.8 Å². The third-order valence-electron chi connectivity index (χ3n) is 7.49. The quantitative estimate of drug-likeness (QED) is 0.144. The number of ketones is 1. The summed E-state index contributed by atoms with van der Waals surface area (Å²) in [5, 5.41) is 0.581. The normalized spacial score (nSPS) is 15.0. The van der Waals surface area contributed by atoms with Crippen LogP contribution in [0.15, 0.2) is 97.1 Å². The Bertz CT molecular complexity index is 1600. The average Bonchev–Trinajstić information content (AvgIpc) is 3.38. The number of benzene rings is 4. The van der Waals surface area contributed by atoms with Crippen LogP contribution in [0.3, 0.4) is 0 Å². The fourth-order valence-electron chi connectivity index (χ4n) is 4.95. The van der Waals surface area contributed by atoms with Crippen molar-refractivity contribution in [1.82, 2.24) is 0 Å². The van der Waals surface area contributed by atoms with Crippen LogP contribution in [-0.4, -0.2) is 30.8 Å². The number of nitrogens with zero attached hydrogens (tertiary/aromatic N) is 1. The van der Waals surface area contributed by atoms with E-state index in [0.717, 1.165) is 0 Å². The van der Waals surface area contributed by atoms with Gasteiger partial charge in [-0.2, -0.15) is 0 Å². The number of rotatable bonds is 9. The Morgan fingerprint density at radius 1 is 0.857 bits per heavy atom. The molecule has 1 fully saturated rings. The second-order valence-corrected chi connectivity index (χ2v) is 11.5. The molecule has 0 bridgehead atoms. The van der Waals surface area contributed by atoms with Crippen LogP contribution in [0.5, 0.6) is 11.5 Å². The third kappa shape index (κ3) is 6.51. The van der Waals surface area contributed by atoms with E-state index in [1.165, 1.54) is 34.2 Å². The second-order valence-electron chi connectivity index (χ2n) is 10.7. The molecule has 8 heteroatoms. The largest absolute Gasteiger partial charge is 0.457 e. The van der Waals surface area contributed by atoms with Gasteiger partial charge in [-0.05, 0) is 65.7 Å². The maximum absolute atomic E-state index is 12.7. The molecule has 1 amide bonds. The number of carbonyl (C=O) groups is 3. The molecule has 0 radical (unpaired) electrons. The van der Waals surface area contributed by atoms with E-state index >= 15 is 0 Å². The molecule has 4 aromatic rings. The molecule has 0 aliphatic carbocycles. The van der Waals surface area contributed by atoms with Gasteiger partial charge in [0.25, 0.3) is 0 Å². The van der Waals surface area contributed by atoms with Crippen LogP contribution < -0.4 is 9.64 Å². The molecule has 0 saturated carbocycles. The first-order valence-electron chi connectivity index (χ1n) is 13.5. The summed E-state index contributed by atoms with van der Waals surface area (Å²) in [5.41, 5.74) is 3.13. The van der Waals surface area contributed by atoms with Crippen molar-refractivity contribution in [3.05, 3.63) is 124 Å². The van der Waals surface area contributed by atoms with Crippen molar-refractivity contribution < 1.29 is 23.9 Å². The minimum atomic E-state index is -0.680. The Morgan fingerprint density at radius 2 is 1.48 bits per heavy atom. The first-order chi connectivity index (χ1) is 20.1. The molecule has 0 aromatic heterocycles. The van der Waals surface area contributed by atoms with Gasteiger partial charge in [-0.1, -0.05) is 79.5 Å². The Hall–Kier alpha value is -4.13. The van der Waals surface area contributed by atoms with Gasteiger partial charge in [-0.25, -0.2) is 0 Å². The molecule has 1 saturated heterocycles. The Labute approximate surface area is 254 Å². The summed E-state index contributed by atoms with van der Waals surface area (Å²) in [6.45, 7) is 4.07. The zero-order valence-electron chi connectivity index (χ0n) is 23.2. The number of Topliss-reactive ketones (excluding diaryl/α,β-unsaturated/α-hetero) is 1. The van der Waals surface area contributed by atoms with Crippen molar-refractivity contribution >= 4 is 46.5 Å². The van der Waals surface area contributed by atoms with Crippen molar-refractivity contribution in [3.63, 3.8) is 0 Å². The van der Waals surface area contributed by atoms with Crippen molar-refractivity contribution in [2.75, 3.05) is 18.1 Å². The van der Waals surface area contributed by atoms with Crippen molar-refractivity contribution in [2.45, 2.75) is 25.7 Å². The topological polar surface area (TPSA) is 72.9 Å². The maximum atomic E-state index is 12.7. The summed E-state index contributed by atoms with van der Waals surface area (Å²) in [7, 11) is 0. The Kier molecular flexibility index (Phi) is 8.66. The molecular weight excluding hydrogens is 573 g/mol. The summed E-state index contributed by atoms with van der Waals surface area (Å²) in [4.78, 5) is 39.3. The van der Waals surface area contributed by atoms with Crippen LogP contribution in [-0.2, 0) is 19.7 Å². The molecule has 214 valence electrons. The van der Waals surface area contributed by atoms with Gasteiger partial charge < -0.3 is 14.4 Å². The molecular formula is C34H29Cl2NO5. The molecule has 0 spiro atoms. The predicted octanol–water partition coefficient (Wildman–Crippen LogP) is 7.89. The van der Waals surface area contributed by atoms with Crippen LogP contribution in [0.4, 0.5) is 5.69 Å². The molecule has 1 aliphatic heterocycles. The molecule has 42 heavy (non-hydrogen) atoms. The molecule has 6 nitrogen and oxygen atoms in total. The average molecular weight is 603 g/mol. The van der Waals surface area contributed by atoms with Gasteiger partial charge >= 0.3 is 5.97 Å². The number of carbonyl (C=O) groups excluding carboxylic acids is 3. The fourth-order valence-corrected chi connectivity index (χ4v) is 5.47. The van der Waals surface area contributed by atoms with Gasteiger partial charge in [-0.3, -0.25) is 14.4 Å². The molecule has 1 heterocycles. The number of esters is 1. The highest BCUT2D eigenvalue weighted by atomic mass is 35.5. The Balaban J connectivity index is 1.16. The molecule has 5 rings (SSSR count). The van der Waals surface area contributed by atoms with E-state index in [0.29, 0.717) is 22.2 Å². The lowest BCUT2D eigenvalue weighted by molar-refractivity contribution is -0.147. The van der Waals surface area contributed by atoms with Crippen LogP contribution in [0.25, 0.3) is 0 Å². The van der Waals surface area contributed by atoms with Gasteiger partial charge in [0.1, 0.15) is 11.5 Å². The SMILES string of the molecule is CC(C)(c1ccccc1)c1ccc(Oc2ccc(N3C[C@@H](C(=O)OCC(=O)c4ccc(Cl)cc4Cl)CC3=O)cc2)cc1. The van der Waals surface area contributed by atoms with Gasteiger partial charge in [0.15, 0.2) is 6.61 Å². The molecule has 1 aliphatic rings. The minimum Gasteiger partial charge on any atom is -0.457 e. The summed E-state index contributed by atoms with van der Waals surface area (Å²) in [6.07, 6.45) is -0.00133. The lowest BCUT2D eigenvalue weighted by atomic mass is 9.78. The van der Waals surface area contributed by atoms with E-state index < -0.39 is 24.3 Å². The number of hydrogen-bond acceptors (Lipinski definition) is 5. The number of amides is 1. The highest BCUT2D eigenvalue weighted by molar-refractivity contribution is 6.36. The summed E-state index contributed by atoms with van der Waals surface area (Å²) in [5.74, 6) is -0.616. The van der Waals surface area contributed by atoms with E-state index in [-0.39, 0.29) is 34.9 Å². The first kappa shape index (κ1) is 29.4. The minimum absolute atomic E-state index is 0.00133.